The topological polar surface area (TPSA) is 15.3 Å². The Morgan fingerprint density at radius 2 is 1.76 bits per heavy atom. The summed E-state index contributed by atoms with van der Waals surface area (Å²) in [4.78, 5) is 2.04. The molecule has 0 aliphatic carbocycles. The first-order valence-corrected chi connectivity index (χ1v) is 7.48. The van der Waals surface area contributed by atoms with Crippen LogP contribution in [0.1, 0.15) is 25.0 Å². The fourth-order valence-corrected chi connectivity index (χ4v) is 2.38. The molecule has 0 saturated heterocycles. The number of hydrogen-bond donors (Lipinski definition) is 1. The molecule has 2 nitrogen and oxygen atoms in total. The van der Waals surface area contributed by atoms with E-state index in [0.717, 1.165) is 24.3 Å². The average Bonchev–Trinajstić information content (AvgIpc) is 2.53. The number of nitrogens with zero attached hydrogens (tertiary/aromatic N) is 1. The number of rotatable bonds is 6. The molecule has 0 heterocycles. The third-order valence-corrected chi connectivity index (χ3v) is 3.74. The van der Waals surface area contributed by atoms with E-state index in [1.807, 2.05) is 24.9 Å². The van der Waals surface area contributed by atoms with Gasteiger partial charge in [0.05, 0.1) is 0 Å². The van der Waals surface area contributed by atoms with Crippen LogP contribution in [0, 0.1) is 5.82 Å². The highest BCUT2D eigenvalue weighted by Gasteiger charge is 2.12. The maximum atomic E-state index is 14.1. The van der Waals surface area contributed by atoms with Gasteiger partial charge in [-0.15, -0.1) is 0 Å². The quantitative estimate of drug-likeness (QED) is 0.853. The Balaban J connectivity index is 2.32. The Hall–Kier alpha value is -1.87. The van der Waals surface area contributed by atoms with E-state index in [9.17, 15) is 4.39 Å². The molecule has 0 aromatic heterocycles. The highest BCUT2D eigenvalue weighted by atomic mass is 19.1. The number of halogens is 1. The lowest BCUT2D eigenvalue weighted by Crippen LogP contribution is -2.18. The van der Waals surface area contributed by atoms with Crippen molar-refractivity contribution in [3.63, 3.8) is 0 Å². The van der Waals surface area contributed by atoms with E-state index in [-0.39, 0.29) is 5.82 Å². The largest absolute Gasteiger partial charge is 0.344 e. The van der Waals surface area contributed by atoms with E-state index in [0.29, 0.717) is 12.1 Å². The van der Waals surface area contributed by atoms with Crippen LogP contribution in [0.3, 0.4) is 0 Å². The summed E-state index contributed by atoms with van der Waals surface area (Å²) >= 11 is 0. The maximum Gasteiger partial charge on any atom is 0.129 e. The minimum atomic E-state index is -0.162. The summed E-state index contributed by atoms with van der Waals surface area (Å²) in [6.07, 6.45) is 1.02. The van der Waals surface area contributed by atoms with Gasteiger partial charge >= 0.3 is 0 Å². The predicted molar refractivity (Wildman–Crippen MR) is 87.7 cm³/mol. The van der Waals surface area contributed by atoms with E-state index in [2.05, 4.69) is 36.5 Å². The minimum absolute atomic E-state index is 0.162. The van der Waals surface area contributed by atoms with Crippen molar-refractivity contribution >= 4 is 11.4 Å². The molecule has 3 heteroatoms. The predicted octanol–water partition coefficient (Wildman–Crippen LogP) is 4.27. The lowest BCUT2D eigenvalue weighted by molar-refractivity contribution is 0.593. The molecule has 0 radical (unpaired) electrons. The summed E-state index contributed by atoms with van der Waals surface area (Å²) in [5.41, 5.74) is 3.98. The number of nitrogens with one attached hydrogen (secondary N) is 1. The molecule has 21 heavy (non-hydrogen) atoms. The van der Waals surface area contributed by atoms with Gasteiger partial charge in [0.1, 0.15) is 5.82 Å². The lowest BCUT2D eigenvalue weighted by Gasteiger charge is -2.23. The monoisotopic (exact) mass is 286 g/mol. The smallest absolute Gasteiger partial charge is 0.129 e. The summed E-state index contributed by atoms with van der Waals surface area (Å²) in [5, 5.41) is 3.20. The highest BCUT2D eigenvalue weighted by molar-refractivity contribution is 5.66. The minimum Gasteiger partial charge on any atom is -0.344 e. The zero-order chi connectivity index (χ0) is 15.2. The molecule has 0 atom stereocenters. The van der Waals surface area contributed by atoms with Crippen LogP contribution in [-0.4, -0.2) is 13.6 Å². The molecule has 0 unspecified atom stereocenters. The van der Waals surface area contributed by atoms with Crippen molar-refractivity contribution in [2.24, 2.45) is 0 Å². The zero-order valence-electron chi connectivity index (χ0n) is 13.0. The van der Waals surface area contributed by atoms with Gasteiger partial charge in [-0.25, -0.2) is 4.39 Å². The van der Waals surface area contributed by atoms with Crippen LogP contribution in [0.5, 0.6) is 0 Å². The second-order valence-corrected chi connectivity index (χ2v) is 5.10. The van der Waals surface area contributed by atoms with Crippen molar-refractivity contribution in [1.82, 2.24) is 5.32 Å². The second-order valence-electron chi connectivity index (χ2n) is 5.10. The Kier molecular flexibility index (Phi) is 5.34. The van der Waals surface area contributed by atoms with E-state index in [1.165, 1.54) is 11.6 Å². The molecule has 1 N–H and O–H groups in total. The van der Waals surface area contributed by atoms with Crippen molar-refractivity contribution in [2.45, 2.75) is 26.8 Å². The summed E-state index contributed by atoms with van der Waals surface area (Å²) < 4.78 is 14.1. The summed E-state index contributed by atoms with van der Waals surface area (Å²) in [5.74, 6) is -0.162. The van der Waals surface area contributed by atoms with Crippen LogP contribution in [0.25, 0.3) is 0 Å². The summed E-state index contributed by atoms with van der Waals surface area (Å²) in [6, 6.07) is 13.6. The molecular formula is C18H23FN2. The van der Waals surface area contributed by atoms with Crippen molar-refractivity contribution in [1.29, 1.82) is 0 Å². The van der Waals surface area contributed by atoms with Gasteiger partial charge in [0.2, 0.25) is 0 Å². The van der Waals surface area contributed by atoms with E-state index in [1.54, 1.807) is 6.07 Å². The molecule has 0 bridgehead atoms. The van der Waals surface area contributed by atoms with E-state index in [4.69, 9.17) is 0 Å². The molecule has 0 amide bonds. The van der Waals surface area contributed by atoms with Crippen LogP contribution in [0.4, 0.5) is 15.8 Å². The Bertz CT molecular complexity index is 578. The molecule has 2 rings (SSSR count). The SMILES string of the molecule is CCNCc1c(F)cccc1N(C)c1ccc(CC)cc1. The number of benzene rings is 2. The van der Waals surface area contributed by atoms with Gasteiger partial charge in [0.15, 0.2) is 0 Å². The molecule has 0 saturated carbocycles. The lowest BCUT2D eigenvalue weighted by atomic mass is 10.1. The van der Waals surface area contributed by atoms with Crippen LogP contribution >= 0.6 is 0 Å². The molecule has 2 aromatic carbocycles. The van der Waals surface area contributed by atoms with Crippen molar-refractivity contribution in [3.05, 3.63) is 59.4 Å². The van der Waals surface area contributed by atoms with Gasteiger partial charge < -0.3 is 10.2 Å². The fraction of sp³-hybridized carbons (Fsp3) is 0.333. The van der Waals surface area contributed by atoms with Gasteiger partial charge in [-0.1, -0.05) is 32.0 Å². The standard InChI is InChI=1S/C18H23FN2/c1-4-14-9-11-15(12-10-14)21(3)18-8-6-7-17(19)16(18)13-20-5-2/h6-12,20H,4-5,13H2,1-3H3. The first kappa shape index (κ1) is 15.5. The number of anilines is 2. The van der Waals surface area contributed by atoms with Gasteiger partial charge in [-0.05, 0) is 42.8 Å². The van der Waals surface area contributed by atoms with Gasteiger partial charge in [0.25, 0.3) is 0 Å². The molecule has 0 fully saturated rings. The molecule has 0 spiro atoms. The van der Waals surface area contributed by atoms with Crippen LogP contribution < -0.4 is 10.2 Å². The van der Waals surface area contributed by atoms with Gasteiger partial charge in [-0.3, -0.25) is 0 Å². The Morgan fingerprint density at radius 3 is 2.38 bits per heavy atom. The Labute approximate surface area is 126 Å². The van der Waals surface area contributed by atoms with Gasteiger partial charge in [-0.2, -0.15) is 0 Å². The molecule has 0 aliphatic rings. The van der Waals surface area contributed by atoms with Crippen molar-refractivity contribution < 1.29 is 4.39 Å². The van der Waals surface area contributed by atoms with Crippen LogP contribution in [-0.2, 0) is 13.0 Å². The summed E-state index contributed by atoms with van der Waals surface area (Å²) in [7, 11) is 1.98. The fourth-order valence-electron chi connectivity index (χ4n) is 2.38. The third-order valence-electron chi connectivity index (χ3n) is 3.74. The molecular weight excluding hydrogens is 263 g/mol. The first-order chi connectivity index (χ1) is 10.2. The Morgan fingerprint density at radius 1 is 1.05 bits per heavy atom. The summed E-state index contributed by atoms with van der Waals surface area (Å²) in [6.45, 7) is 5.52. The third kappa shape index (κ3) is 3.61. The van der Waals surface area contributed by atoms with E-state index < -0.39 is 0 Å². The van der Waals surface area contributed by atoms with E-state index >= 15 is 0 Å². The van der Waals surface area contributed by atoms with Crippen molar-refractivity contribution in [2.75, 3.05) is 18.5 Å². The average molecular weight is 286 g/mol. The van der Waals surface area contributed by atoms with Gasteiger partial charge in [0, 0.05) is 30.5 Å². The molecule has 0 aliphatic heterocycles. The highest BCUT2D eigenvalue weighted by Crippen LogP contribution is 2.29. The zero-order valence-corrected chi connectivity index (χ0v) is 13.0. The first-order valence-electron chi connectivity index (χ1n) is 7.48. The maximum absolute atomic E-state index is 14.1. The van der Waals surface area contributed by atoms with Crippen LogP contribution in [0.15, 0.2) is 42.5 Å². The second kappa shape index (κ2) is 7.23. The number of hydrogen-bond acceptors (Lipinski definition) is 2. The number of aryl methyl sites for hydroxylation is 1. The van der Waals surface area contributed by atoms with Crippen LogP contribution in [0.2, 0.25) is 0 Å². The normalized spacial score (nSPS) is 10.7. The molecule has 2 aromatic rings. The van der Waals surface area contributed by atoms with Crippen molar-refractivity contribution in [3.8, 4) is 0 Å². The molecule has 112 valence electrons.